The minimum absolute atomic E-state index is 0.107. The third-order valence-electron chi connectivity index (χ3n) is 1.57. The summed E-state index contributed by atoms with van der Waals surface area (Å²) in [4.78, 5) is 11.3. The second kappa shape index (κ2) is 5.31. The highest BCUT2D eigenvalue weighted by Crippen LogP contribution is 1.92. The number of H-pyrrole nitrogens is 1. The highest BCUT2D eigenvalue weighted by Gasteiger charge is 2.04. The fraction of sp³-hybridized carbons (Fsp3) is 0.500. The molecule has 0 aliphatic heterocycles. The quantitative estimate of drug-likeness (QED) is 0.640. The van der Waals surface area contributed by atoms with Crippen molar-refractivity contribution in [2.24, 2.45) is 0 Å². The first kappa shape index (κ1) is 9.73. The Balaban J connectivity index is 2.19. The van der Waals surface area contributed by atoms with Crippen LogP contribution in [-0.4, -0.2) is 36.4 Å². The van der Waals surface area contributed by atoms with Crippen molar-refractivity contribution in [3.63, 3.8) is 0 Å². The molecule has 1 aromatic rings. The largest absolute Gasteiger partial charge is 0.385 e. The van der Waals surface area contributed by atoms with Crippen LogP contribution in [0.3, 0.4) is 0 Å². The Kier molecular flexibility index (Phi) is 3.98. The van der Waals surface area contributed by atoms with Crippen molar-refractivity contribution in [3.05, 3.63) is 18.0 Å². The molecule has 0 saturated carbocycles. The maximum absolute atomic E-state index is 11.3. The summed E-state index contributed by atoms with van der Waals surface area (Å²) in [6, 6.07) is 0. The predicted octanol–water partition coefficient (Wildman–Crippen LogP) is 0.176. The lowest BCUT2D eigenvalue weighted by atomic mass is 10.3. The maximum atomic E-state index is 11.3. The molecular weight excluding hydrogens is 170 g/mol. The summed E-state index contributed by atoms with van der Waals surface area (Å²) >= 11 is 0. The zero-order valence-corrected chi connectivity index (χ0v) is 7.54. The zero-order valence-electron chi connectivity index (χ0n) is 7.54. The van der Waals surface area contributed by atoms with Crippen molar-refractivity contribution in [1.82, 2.24) is 15.5 Å². The summed E-state index contributed by atoms with van der Waals surface area (Å²) in [7, 11) is 1.64. The molecule has 0 atom stereocenters. The van der Waals surface area contributed by atoms with Crippen LogP contribution in [0.15, 0.2) is 12.4 Å². The van der Waals surface area contributed by atoms with Crippen LogP contribution < -0.4 is 5.32 Å². The fourth-order valence-corrected chi connectivity index (χ4v) is 0.896. The van der Waals surface area contributed by atoms with Gasteiger partial charge in [0.1, 0.15) is 0 Å². The van der Waals surface area contributed by atoms with Gasteiger partial charge < -0.3 is 10.1 Å². The van der Waals surface area contributed by atoms with Gasteiger partial charge >= 0.3 is 0 Å². The average Bonchev–Trinajstić information content (AvgIpc) is 2.65. The van der Waals surface area contributed by atoms with E-state index in [9.17, 15) is 4.79 Å². The molecule has 0 fully saturated rings. The second-order valence-electron chi connectivity index (χ2n) is 2.59. The summed E-state index contributed by atoms with van der Waals surface area (Å²) in [6.07, 6.45) is 3.87. The summed E-state index contributed by atoms with van der Waals surface area (Å²) in [5.74, 6) is -0.107. The molecule has 5 heteroatoms. The molecule has 1 rings (SSSR count). The average molecular weight is 183 g/mol. The number of rotatable bonds is 5. The Labute approximate surface area is 76.5 Å². The zero-order chi connectivity index (χ0) is 9.52. The number of aromatic amines is 1. The number of amides is 1. The molecule has 1 heterocycles. The Morgan fingerprint density at radius 1 is 1.77 bits per heavy atom. The van der Waals surface area contributed by atoms with Crippen molar-refractivity contribution in [1.29, 1.82) is 0 Å². The van der Waals surface area contributed by atoms with E-state index in [1.54, 1.807) is 13.3 Å². The van der Waals surface area contributed by atoms with Gasteiger partial charge in [-0.2, -0.15) is 5.10 Å². The van der Waals surface area contributed by atoms with Crippen LogP contribution in [0.4, 0.5) is 0 Å². The van der Waals surface area contributed by atoms with E-state index in [1.807, 2.05) is 0 Å². The third kappa shape index (κ3) is 3.25. The van der Waals surface area contributed by atoms with E-state index in [-0.39, 0.29) is 5.91 Å². The summed E-state index contributed by atoms with van der Waals surface area (Å²) in [5, 5.41) is 8.99. The van der Waals surface area contributed by atoms with Gasteiger partial charge in [0, 0.05) is 26.5 Å². The van der Waals surface area contributed by atoms with Gasteiger partial charge in [0.05, 0.1) is 11.8 Å². The molecule has 0 aromatic carbocycles. The second-order valence-corrected chi connectivity index (χ2v) is 2.59. The predicted molar refractivity (Wildman–Crippen MR) is 47.4 cm³/mol. The molecule has 2 N–H and O–H groups in total. The van der Waals surface area contributed by atoms with Crippen molar-refractivity contribution < 1.29 is 9.53 Å². The number of hydrogen-bond acceptors (Lipinski definition) is 3. The van der Waals surface area contributed by atoms with Crippen molar-refractivity contribution in [3.8, 4) is 0 Å². The molecule has 72 valence electrons. The number of carbonyl (C=O) groups is 1. The van der Waals surface area contributed by atoms with Crippen molar-refractivity contribution in [2.45, 2.75) is 6.42 Å². The molecule has 0 unspecified atom stereocenters. The number of methoxy groups -OCH3 is 1. The molecule has 0 aliphatic carbocycles. The Morgan fingerprint density at radius 3 is 3.23 bits per heavy atom. The molecule has 0 saturated heterocycles. The van der Waals surface area contributed by atoms with E-state index in [0.717, 1.165) is 6.42 Å². The van der Waals surface area contributed by atoms with Gasteiger partial charge in [0.15, 0.2) is 0 Å². The first-order valence-electron chi connectivity index (χ1n) is 4.10. The number of nitrogens with one attached hydrogen (secondary N) is 2. The SMILES string of the molecule is COCCCNC(=O)c1cn[nH]c1. The highest BCUT2D eigenvalue weighted by molar-refractivity contribution is 5.93. The van der Waals surface area contributed by atoms with Gasteiger partial charge in [-0.05, 0) is 6.42 Å². The summed E-state index contributed by atoms with van der Waals surface area (Å²) in [6.45, 7) is 1.28. The molecule has 0 aliphatic rings. The minimum atomic E-state index is -0.107. The number of ether oxygens (including phenoxy) is 1. The van der Waals surface area contributed by atoms with E-state index in [2.05, 4.69) is 15.5 Å². The van der Waals surface area contributed by atoms with Crippen LogP contribution in [0.25, 0.3) is 0 Å². The molecule has 1 aromatic heterocycles. The lowest BCUT2D eigenvalue weighted by Crippen LogP contribution is -2.24. The molecule has 0 spiro atoms. The lowest BCUT2D eigenvalue weighted by molar-refractivity contribution is 0.0948. The van der Waals surface area contributed by atoms with E-state index < -0.39 is 0 Å². The Morgan fingerprint density at radius 2 is 2.62 bits per heavy atom. The molecule has 1 amide bonds. The smallest absolute Gasteiger partial charge is 0.254 e. The molecule has 0 bridgehead atoms. The minimum Gasteiger partial charge on any atom is -0.385 e. The molecule has 13 heavy (non-hydrogen) atoms. The molecule has 0 radical (unpaired) electrons. The maximum Gasteiger partial charge on any atom is 0.254 e. The number of carbonyl (C=O) groups excluding carboxylic acids is 1. The van der Waals surface area contributed by atoms with E-state index >= 15 is 0 Å². The van der Waals surface area contributed by atoms with Crippen LogP contribution in [0, 0.1) is 0 Å². The topological polar surface area (TPSA) is 67.0 Å². The van der Waals surface area contributed by atoms with Gasteiger partial charge in [-0.15, -0.1) is 0 Å². The normalized spacial score (nSPS) is 9.92. The fourth-order valence-electron chi connectivity index (χ4n) is 0.896. The van der Waals surface area contributed by atoms with Crippen LogP contribution in [0.1, 0.15) is 16.8 Å². The Bertz CT molecular complexity index is 246. The van der Waals surface area contributed by atoms with Gasteiger partial charge in [0.25, 0.3) is 5.91 Å². The number of aromatic nitrogens is 2. The first-order chi connectivity index (χ1) is 6.34. The monoisotopic (exact) mass is 183 g/mol. The summed E-state index contributed by atoms with van der Waals surface area (Å²) < 4.78 is 4.84. The van der Waals surface area contributed by atoms with E-state index in [4.69, 9.17) is 4.74 Å². The van der Waals surface area contributed by atoms with Crippen molar-refractivity contribution in [2.75, 3.05) is 20.3 Å². The Hall–Kier alpha value is -1.36. The van der Waals surface area contributed by atoms with Crippen LogP contribution in [0.2, 0.25) is 0 Å². The van der Waals surface area contributed by atoms with E-state index in [0.29, 0.717) is 18.7 Å². The third-order valence-corrected chi connectivity index (χ3v) is 1.57. The summed E-state index contributed by atoms with van der Waals surface area (Å²) in [5.41, 5.74) is 0.553. The number of nitrogens with zero attached hydrogens (tertiary/aromatic N) is 1. The van der Waals surface area contributed by atoms with E-state index in [1.165, 1.54) is 6.20 Å². The first-order valence-corrected chi connectivity index (χ1v) is 4.10. The number of hydrogen-bond donors (Lipinski definition) is 2. The molecular formula is C8H13N3O2. The van der Waals surface area contributed by atoms with Gasteiger partial charge in [-0.3, -0.25) is 9.89 Å². The van der Waals surface area contributed by atoms with Crippen molar-refractivity contribution >= 4 is 5.91 Å². The van der Waals surface area contributed by atoms with Crippen LogP contribution in [-0.2, 0) is 4.74 Å². The van der Waals surface area contributed by atoms with Crippen LogP contribution >= 0.6 is 0 Å². The van der Waals surface area contributed by atoms with Gasteiger partial charge in [0.2, 0.25) is 0 Å². The standard InChI is InChI=1S/C8H13N3O2/c1-13-4-2-3-9-8(12)7-5-10-11-6-7/h5-6H,2-4H2,1H3,(H,9,12)(H,10,11). The van der Waals surface area contributed by atoms with Crippen LogP contribution in [0.5, 0.6) is 0 Å². The van der Waals surface area contributed by atoms with Gasteiger partial charge in [-0.25, -0.2) is 0 Å². The van der Waals surface area contributed by atoms with Gasteiger partial charge in [-0.1, -0.05) is 0 Å². The molecule has 5 nitrogen and oxygen atoms in total. The lowest BCUT2D eigenvalue weighted by Gasteiger charge is -2.01. The highest BCUT2D eigenvalue weighted by atomic mass is 16.5.